The van der Waals surface area contributed by atoms with Crippen molar-refractivity contribution in [2.45, 2.75) is 25.9 Å². The van der Waals surface area contributed by atoms with Crippen LogP contribution < -0.4 is 10.6 Å². The zero-order chi connectivity index (χ0) is 16.3. The van der Waals surface area contributed by atoms with Crippen molar-refractivity contribution in [1.82, 2.24) is 10.6 Å². The maximum absolute atomic E-state index is 10.3. The first kappa shape index (κ1) is 45.1. The van der Waals surface area contributed by atoms with Crippen LogP contribution >= 0.6 is 25.3 Å². The van der Waals surface area contributed by atoms with Crippen LogP contribution in [0, 0.1) is 0 Å². The molecule has 0 saturated carbocycles. The van der Waals surface area contributed by atoms with Gasteiger partial charge in [0.25, 0.3) is 0 Å². The molecule has 4 N–H and O–H groups in total. The minimum absolute atomic E-state index is 0. The molecule has 2 atom stereocenters. The van der Waals surface area contributed by atoms with Crippen LogP contribution in [0.25, 0.3) is 0 Å². The van der Waals surface area contributed by atoms with E-state index in [-0.39, 0.29) is 109 Å². The maximum atomic E-state index is 10.3. The molecule has 0 heterocycles. The Morgan fingerprint density at radius 2 is 0.960 bits per heavy atom. The molecule has 2 amide bonds. The predicted molar refractivity (Wildman–Crippen MR) is 92.9 cm³/mol. The number of aliphatic carboxylic acids is 2. The number of hydrogen-bond acceptors (Lipinski definition) is 6. The summed E-state index contributed by atoms with van der Waals surface area (Å²) in [5, 5.41) is 21.1. The topological polar surface area (TPSA) is 133 Å². The Labute approximate surface area is 210 Å². The minimum atomic E-state index is -1.06. The molecule has 8 nitrogen and oxygen atoms in total. The zero-order valence-electron chi connectivity index (χ0n) is 13.9. The number of carboxylic acid groups (broad SMARTS) is 2. The molecule has 0 bridgehead atoms. The molecule has 132 valence electrons. The second kappa shape index (κ2) is 27.4. The quantitative estimate of drug-likeness (QED) is 0.175. The first-order valence-electron chi connectivity index (χ1n) is 5.37. The average Bonchev–Trinajstić information content (AvgIpc) is 2.32. The third kappa shape index (κ3) is 30.1. The molecule has 25 heavy (non-hydrogen) atoms. The standard InChI is InChI=1S/2C5H9NO3S.2S.3Zn/c2*1-3(7)6-4(2-10)5(8)9;;;;;/h2*4,10H,2H2,1H3,(H,6,7)(H,8,9);;;;;/q;;2*-2;3*+2/t2*4-;;;;;/m00...../s1. The predicted octanol–water partition coefficient (Wildman–Crippen LogP) is -1.00. The van der Waals surface area contributed by atoms with Gasteiger partial charge in [0.05, 0.1) is 0 Å². The van der Waals surface area contributed by atoms with Gasteiger partial charge in [0.15, 0.2) is 0 Å². The van der Waals surface area contributed by atoms with Crippen molar-refractivity contribution in [3.05, 3.63) is 0 Å². The molecule has 0 radical (unpaired) electrons. The fraction of sp³-hybridized carbons (Fsp3) is 0.600. The number of carboxylic acids is 2. The third-order valence-corrected chi connectivity index (χ3v) is 2.45. The summed E-state index contributed by atoms with van der Waals surface area (Å²) >= 11 is 7.47. The Morgan fingerprint density at radius 3 is 1.00 bits per heavy atom. The van der Waals surface area contributed by atoms with E-state index >= 15 is 0 Å². The SMILES string of the molecule is CC(=O)N[C@@H](CS)C(=O)O.CC(=O)N[C@@H](CS)C(=O)O.[S-2].[S-2].[Zn+2].[Zn+2].[Zn+2]. The van der Waals surface area contributed by atoms with Gasteiger partial charge in [-0.3, -0.25) is 9.59 Å². The van der Waals surface area contributed by atoms with Crippen LogP contribution in [0.1, 0.15) is 13.8 Å². The Morgan fingerprint density at radius 1 is 0.760 bits per heavy atom. The van der Waals surface area contributed by atoms with E-state index in [0.29, 0.717) is 0 Å². The fourth-order valence-electron chi connectivity index (χ4n) is 0.862. The molecule has 0 aliphatic carbocycles. The molecule has 0 fully saturated rings. The molecular weight excluding hydrogens is 569 g/mol. The Hall–Kier alpha value is 1.15. The van der Waals surface area contributed by atoms with Crippen LogP contribution in [0.5, 0.6) is 0 Å². The van der Waals surface area contributed by atoms with Gasteiger partial charge < -0.3 is 47.8 Å². The summed E-state index contributed by atoms with van der Waals surface area (Å²) in [6, 6.07) is -1.75. The number of hydrogen-bond donors (Lipinski definition) is 6. The number of thiol groups is 2. The van der Waals surface area contributed by atoms with E-state index in [9.17, 15) is 19.2 Å². The third-order valence-electron chi connectivity index (χ3n) is 1.72. The molecule has 15 heteroatoms. The van der Waals surface area contributed by atoms with Gasteiger partial charge >= 0.3 is 70.4 Å². The molecule has 0 aromatic heterocycles. The van der Waals surface area contributed by atoms with Crippen LogP contribution in [-0.4, -0.2) is 57.6 Å². The fourth-order valence-corrected chi connectivity index (χ4v) is 1.36. The van der Waals surface area contributed by atoms with Crippen molar-refractivity contribution >= 4 is 76.0 Å². The van der Waals surface area contributed by atoms with Crippen molar-refractivity contribution in [2.75, 3.05) is 11.5 Å². The second-order valence-electron chi connectivity index (χ2n) is 3.55. The minimum Gasteiger partial charge on any atom is -2.00 e. The van der Waals surface area contributed by atoms with Gasteiger partial charge in [-0.25, -0.2) is 9.59 Å². The normalized spacial score (nSPS) is 9.76. The van der Waals surface area contributed by atoms with Gasteiger partial charge in [-0.15, -0.1) is 0 Å². The van der Waals surface area contributed by atoms with Gasteiger partial charge in [-0.2, -0.15) is 25.3 Å². The van der Waals surface area contributed by atoms with E-state index in [1.807, 2.05) is 0 Å². The Bertz CT molecular complexity index is 349. The van der Waals surface area contributed by atoms with Gasteiger partial charge in [0.1, 0.15) is 12.1 Å². The summed E-state index contributed by atoms with van der Waals surface area (Å²) in [5.41, 5.74) is 0. The molecule has 0 aromatic rings. The van der Waals surface area contributed by atoms with Crippen molar-refractivity contribution in [3.8, 4) is 0 Å². The summed E-state index contributed by atoms with van der Waals surface area (Å²) < 4.78 is 0. The molecular formula is C10H18N2O6S4Zn3+2. The van der Waals surface area contributed by atoms with Gasteiger partial charge in [-0.05, 0) is 0 Å². The number of carbonyl (C=O) groups excluding carboxylic acids is 2. The van der Waals surface area contributed by atoms with Crippen molar-refractivity contribution in [1.29, 1.82) is 0 Å². The number of nitrogens with one attached hydrogen (secondary N) is 2. The van der Waals surface area contributed by atoms with Gasteiger partial charge in [0.2, 0.25) is 11.8 Å². The van der Waals surface area contributed by atoms with Crippen molar-refractivity contribution in [3.63, 3.8) is 0 Å². The van der Waals surface area contributed by atoms with Crippen LogP contribution in [0.2, 0.25) is 0 Å². The van der Waals surface area contributed by atoms with E-state index in [2.05, 4.69) is 35.9 Å². The van der Waals surface area contributed by atoms with Gasteiger partial charge in [0, 0.05) is 25.4 Å². The van der Waals surface area contributed by atoms with E-state index < -0.39 is 24.0 Å². The van der Waals surface area contributed by atoms with Gasteiger partial charge in [-0.1, -0.05) is 0 Å². The average molecular weight is 587 g/mol. The Kier molecular flexibility index (Phi) is 49.4. The molecule has 0 rings (SSSR count). The van der Waals surface area contributed by atoms with E-state index in [1.165, 1.54) is 13.8 Å². The number of amides is 2. The summed E-state index contributed by atoms with van der Waals surface area (Å²) in [6.07, 6.45) is 0. The van der Waals surface area contributed by atoms with E-state index in [0.717, 1.165) is 0 Å². The van der Waals surface area contributed by atoms with Crippen LogP contribution in [0.3, 0.4) is 0 Å². The van der Waals surface area contributed by atoms with Crippen LogP contribution in [0.15, 0.2) is 0 Å². The van der Waals surface area contributed by atoms with Crippen molar-refractivity contribution in [2.24, 2.45) is 0 Å². The molecule has 0 aromatic carbocycles. The molecule has 0 saturated heterocycles. The van der Waals surface area contributed by atoms with E-state index in [4.69, 9.17) is 10.2 Å². The summed E-state index contributed by atoms with van der Waals surface area (Å²) in [7, 11) is 0. The first-order chi connectivity index (χ1) is 9.15. The van der Waals surface area contributed by atoms with Crippen molar-refractivity contribution < 1.29 is 87.8 Å². The van der Waals surface area contributed by atoms with Crippen LogP contribution in [0.4, 0.5) is 0 Å². The summed E-state index contributed by atoms with van der Waals surface area (Å²) in [5.74, 6) is -2.64. The van der Waals surface area contributed by atoms with Crippen LogP contribution in [-0.2, 0) is 105 Å². The largest absolute Gasteiger partial charge is 2.00 e. The molecule has 0 aliphatic rings. The first-order valence-corrected chi connectivity index (χ1v) is 6.63. The zero-order valence-corrected chi connectivity index (χ0v) is 26.3. The Balaban J connectivity index is -0.0000000432. The summed E-state index contributed by atoms with van der Waals surface area (Å²) in [4.78, 5) is 41.0. The number of carbonyl (C=O) groups is 4. The molecule has 0 unspecified atom stereocenters. The number of rotatable bonds is 6. The monoisotopic (exact) mass is 582 g/mol. The smallest absolute Gasteiger partial charge is 2.00 e. The molecule has 0 aliphatic heterocycles. The summed E-state index contributed by atoms with van der Waals surface area (Å²) in [6.45, 7) is 2.53. The molecule has 0 spiro atoms. The van der Waals surface area contributed by atoms with E-state index in [1.54, 1.807) is 0 Å². The second-order valence-corrected chi connectivity index (χ2v) is 4.28. The maximum Gasteiger partial charge on any atom is 2.00 e.